The maximum absolute atomic E-state index is 9.57. The van der Waals surface area contributed by atoms with Gasteiger partial charge in [0.25, 0.3) is 0 Å². The number of carbonyl (C=O) groups is 1. The van der Waals surface area contributed by atoms with E-state index in [2.05, 4.69) is 0 Å². The molecular formula is C3H4NO5-. The Bertz CT molecular complexity index is 132. The molecule has 1 N–H and O–H groups in total. The maximum atomic E-state index is 9.57. The van der Waals surface area contributed by atoms with Crippen molar-refractivity contribution in [3.63, 3.8) is 0 Å². The highest BCUT2D eigenvalue weighted by molar-refractivity contribution is 5.69. The molecule has 6 heteroatoms. The van der Waals surface area contributed by atoms with Gasteiger partial charge in [-0.3, -0.25) is 10.1 Å². The van der Waals surface area contributed by atoms with Crippen molar-refractivity contribution >= 4 is 5.97 Å². The van der Waals surface area contributed by atoms with Crippen LogP contribution in [0.15, 0.2) is 0 Å². The number of carboxylic acid groups (broad SMARTS) is 1. The molecule has 0 saturated carbocycles. The molecule has 6 nitrogen and oxygen atoms in total. The molecule has 0 fully saturated rings. The van der Waals surface area contributed by atoms with Crippen LogP contribution in [0.5, 0.6) is 0 Å². The molecule has 0 saturated heterocycles. The molecule has 0 aromatic rings. The minimum atomic E-state index is -2.00. The van der Waals surface area contributed by atoms with Crippen LogP contribution in [0.4, 0.5) is 0 Å². The van der Waals surface area contributed by atoms with Crippen LogP contribution in [0.1, 0.15) is 0 Å². The fourth-order valence-electron chi connectivity index (χ4n) is 0.216. The van der Waals surface area contributed by atoms with Gasteiger partial charge in [0.05, 0.1) is 5.97 Å². The van der Waals surface area contributed by atoms with E-state index in [9.17, 15) is 20.0 Å². The second kappa shape index (κ2) is 2.98. The molecule has 0 aromatic carbocycles. The van der Waals surface area contributed by atoms with Gasteiger partial charge < -0.3 is 15.0 Å². The molecule has 0 aliphatic heterocycles. The van der Waals surface area contributed by atoms with Gasteiger partial charge in [0.15, 0.2) is 6.10 Å². The molecule has 52 valence electrons. The van der Waals surface area contributed by atoms with Gasteiger partial charge >= 0.3 is 0 Å². The normalized spacial score (nSPS) is 12.6. The predicted octanol–water partition coefficient (Wildman–Crippen LogP) is -2.63. The van der Waals surface area contributed by atoms with Crippen LogP contribution < -0.4 is 5.11 Å². The summed E-state index contributed by atoms with van der Waals surface area (Å²) in [5, 5.41) is 27.2. The van der Waals surface area contributed by atoms with E-state index in [1.165, 1.54) is 0 Å². The van der Waals surface area contributed by atoms with E-state index in [1.54, 1.807) is 0 Å². The molecule has 1 atom stereocenters. The summed E-state index contributed by atoms with van der Waals surface area (Å²) in [4.78, 5) is 18.1. The number of aliphatic hydroxyl groups excluding tert-OH is 1. The van der Waals surface area contributed by atoms with Crippen molar-refractivity contribution < 1.29 is 19.9 Å². The number of aliphatic carboxylic acids is 1. The van der Waals surface area contributed by atoms with Crippen molar-refractivity contribution in [2.45, 2.75) is 6.10 Å². The van der Waals surface area contributed by atoms with E-state index < -0.39 is 23.5 Å². The lowest BCUT2D eigenvalue weighted by molar-refractivity contribution is -0.491. The number of carboxylic acids is 1. The maximum Gasteiger partial charge on any atom is 0.234 e. The number of hydrogen-bond acceptors (Lipinski definition) is 5. The summed E-state index contributed by atoms with van der Waals surface area (Å²) in [6, 6.07) is 0. The Morgan fingerprint density at radius 1 is 1.78 bits per heavy atom. The molecule has 0 aliphatic rings. The van der Waals surface area contributed by atoms with Crippen molar-refractivity contribution in [2.75, 3.05) is 6.54 Å². The van der Waals surface area contributed by atoms with Gasteiger partial charge in [-0.2, -0.15) is 0 Å². The third kappa shape index (κ3) is 3.42. The Morgan fingerprint density at radius 2 is 2.22 bits per heavy atom. The first-order chi connectivity index (χ1) is 4.04. The number of carbonyl (C=O) groups excluding carboxylic acids is 1. The van der Waals surface area contributed by atoms with Crippen molar-refractivity contribution in [1.29, 1.82) is 0 Å². The summed E-state index contributed by atoms with van der Waals surface area (Å²) in [6.45, 7) is -1.01. The Balaban J connectivity index is 3.63. The van der Waals surface area contributed by atoms with Crippen LogP contribution in [0.2, 0.25) is 0 Å². The Kier molecular flexibility index (Phi) is 2.59. The quantitative estimate of drug-likeness (QED) is 0.336. The molecule has 0 radical (unpaired) electrons. The predicted molar refractivity (Wildman–Crippen MR) is 22.9 cm³/mol. The van der Waals surface area contributed by atoms with Gasteiger partial charge in [-0.1, -0.05) is 0 Å². The number of nitro groups is 1. The summed E-state index contributed by atoms with van der Waals surface area (Å²) in [5.41, 5.74) is 0. The zero-order chi connectivity index (χ0) is 7.44. The van der Waals surface area contributed by atoms with Gasteiger partial charge in [0, 0.05) is 4.92 Å². The van der Waals surface area contributed by atoms with Crippen LogP contribution in [0.3, 0.4) is 0 Å². The molecule has 0 spiro atoms. The minimum absolute atomic E-state index is 0.930. The molecule has 0 unspecified atom stereocenters. The zero-order valence-corrected chi connectivity index (χ0v) is 4.31. The fourth-order valence-corrected chi connectivity index (χ4v) is 0.216. The highest BCUT2D eigenvalue weighted by Crippen LogP contribution is 1.79. The van der Waals surface area contributed by atoms with Crippen molar-refractivity contribution in [2.24, 2.45) is 0 Å². The third-order valence-electron chi connectivity index (χ3n) is 0.594. The lowest BCUT2D eigenvalue weighted by Crippen LogP contribution is -2.39. The van der Waals surface area contributed by atoms with E-state index in [1.807, 2.05) is 0 Å². The van der Waals surface area contributed by atoms with Crippen LogP contribution >= 0.6 is 0 Å². The minimum Gasteiger partial charge on any atom is -0.547 e. The van der Waals surface area contributed by atoms with E-state index in [-0.39, 0.29) is 0 Å². The summed E-state index contributed by atoms with van der Waals surface area (Å²) in [7, 11) is 0. The second-order valence-corrected chi connectivity index (χ2v) is 1.35. The average Bonchev–Trinajstić information content (AvgIpc) is 1.63. The first-order valence-electron chi connectivity index (χ1n) is 2.04. The van der Waals surface area contributed by atoms with E-state index >= 15 is 0 Å². The summed E-state index contributed by atoms with van der Waals surface area (Å²) in [5.74, 6) is -1.83. The van der Waals surface area contributed by atoms with Crippen LogP contribution in [-0.4, -0.2) is 28.6 Å². The standard InChI is InChI=1S/C3H5NO5/c5-2(3(6)7)1-4(8)9/h2,5H,1H2,(H,6,7)/p-1/t2-/m0/s1. The lowest BCUT2D eigenvalue weighted by Gasteiger charge is -2.04. The molecule has 0 heterocycles. The SMILES string of the molecule is O=C([O-])[C@@H](O)C[N+](=O)[O-]. The van der Waals surface area contributed by atoms with Gasteiger partial charge in [-0.05, 0) is 0 Å². The van der Waals surface area contributed by atoms with E-state index in [0.717, 1.165) is 0 Å². The molecule has 0 aromatic heterocycles. The first-order valence-corrected chi connectivity index (χ1v) is 2.04. The molecule has 0 aliphatic carbocycles. The van der Waals surface area contributed by atoms with Gasteiger partial charge in [-0.25, -0.2) is 0 Å². The molecular weight excluding hydrogens is 130 g/mol. The van der Waals surface area contributed by atoms with Crippen LogP contribution in [0, 0.1) is 10.1 Å². The molecule has 9 heavy (non-hydrogen) atoms. The van der Waals surface area contributed by atoms with Crippen molar-refractivity contribution in [3.05, 3.63) is 10.1 Å². The monoisotopic (exact) mass is 134 g/mol. The van der Waals surface area contributed by atoms with Crippen LogP contribution in [-0.2, 0) is 4.79 Å². The largest absolute Gasteiger partial charge is 0.547 e. The fraction of sp³-hybridized carbons (Fsp3) is 0.667. The lowest BCUT2D eigenvalue weighted by atomic mass is 10.4. The van der Waals surface area contributed by atoms with Gasteiger partial charge in [0.1, 0.15) is 0 Å². The Labute approximate surface area is 49.9 Å². The molecule has 0 rings (SSSR count). The van der Waals surface area contributed by atoms with E-state index in [4.69, 9.17) is 5.11 Å². The number of hydrogen-bond donors (Lipinski definition) is 1. The van der Waals surface area contributed by atoms with Crippen molar-refractivity contribution in [3.8, 4) is 0 Å². The Morgan fingerprint density at radius 3 is 2.33 bits per heavy atom. The molecule has 0 bridgehead atoms. The molecule has 0 amide bonds. The second-order valence-electron chi connectivity index (χ2n) is 1.35. The zero-order valence-electron chi connectivity index (χ0n) is 4.31. The van der Waals surface area contributed by atoms with Gasteiger partial charge in [0.2, 0.25) is 6.54 Å². The topological polar surface area (TPSA) is 104 Å². The van der Waals surface area contributed by atoms with E-state index in [0.29, 0.717) is 0 Å². The number of rotatable bonds is 3. The summed E-state index contributed by atoms with van der Waals surface area (Å²) in [6.07, 6.45) is -2.00. The number of aliphatic hydroxyl groups is 1. The first kappa shape index (κ1) is 7.83. The smallest absolute Gasteiger partial charge is 0.234 e. The van der Waals surface area contributed by atoms with Crippen molar-refractivity contribution in [1.82, 2.24) is 0 Å². The third-order valence-corrected chi connectivity index (χ3v) is 0.594. The summed E-state index contributed by atoms with van der Waals surface area (Å²) < 4.78 is 0. The highest BCUT2D eigenvalue weighted by Gasteiger charge is 2.10. The summed E-state index contributed by atoms with van der Waals surface area (Å²) >= 11 is 0. The van der Waals surface area contributed by atoms with Gasteiger partial charge in [-0.15, -0.1) is 0 Å². The highest BCUT2D eigenvalue weighted by atomic mass is 16.6. The van der Waals surface area contributed by atoms with Crippen LogP contribution in [0.25, 0.3) is 0 Å². The Hall–Kier alpha value is -1.17. The number of nitrogens with zero attached hydrogens (tertiary/aromatic N) is 1. The average molecular weight is 134 g/mol.